The van der Waals surface area contributed by atoms with E-state index in [4.69, 9.17) is 17.0 Å². The van der Waals surface area contributed by atoms with Gasteiger partial charge in [-0.3, -0.25) is 9.88 Å². The zero-order valence-corrected chi connectivity index (χ0v) is 20.2. The highest BCUT2D eigenvalue weighted by molar-refractivity contribution is 7.80. The van der Waals surface area contributed by atoms with Crippen LogP contribution >= 0.6 is 12.2 Å². The number of nitrogens with zero attached hydrogens (tertiary/aromatic N) is 4. The lowest BCUT2D eigenvalue weighted by atomic mass is 10.0. The number of hydrogen-bond donors (Lipinski definition) is 2. The highest BCUT2D eigenvalue weighted by atomic mass is 32.1. The second-order valence-electron chi connectivity index (χ2n) is 8.78. The third-order valence-corrected chi connectivity index (χ3v) is 7.00. The molecule has 0 bridgehead atoms. The molecule has 5 rings (SSSR count). The molecule has 0 spiro atoms. The Labute approximate surface area is 210 Å². The van der Waals surface area contributed by atoms with Gasteiger partial charge in [-0.05, 0) is 67.2 Å². The normalized spacial score (nSPS) is 20.7. The molecule has 0 radical (unpaired) electrons. The molecule has 2 atom stereocenters. The second kappa shape index (κ2) is 10.6. The van der Waals surface area contributed by atoms with Gasteiger partial charge in [-0.2, -0.15) is 0 Å². The third-order valence-electron chi connectivity index (χ3n) is 6.65. The zero-order chi connectivity index (χ0) is 24.2. The van der Waals surface area contributed by atoms with Gasteiger partial charge in [-0.1, -0.05) is 6.07 Å². The molecular formula is C26H29N5O3S. The molecule has 8 nitrogen and oxygen atoms in total. The number of hydrogen-bond acceptors (Lipinski definition) is 5. The predicted molar refractivity (Wildman–Crippen MR) is 137 cm³/mol. The van der Waals surface area contributed by atoms with Crippen LogP contribution in [0.5, 0.6) is 0 Å². The summed E-state index contributed by atoms with van der Waals surface area (Å²) in [5, 5.41) is 13.5. The van der Waals surface area contributed by atoms with E-state index in [0.717, 1.165) is 68.0 Å². The SMILES string of the molecule is O=C(O)c1ccc(-n2cccc2C2C(c3ccccn3)NC(=S)N2CCCN2CCOCC2)cc1. The smallest absolute Gasteiger partial charge is 0.335 e. The van der Waals surface area contributed by atoms with Gasteiger partial charge in [0.25, 0.3) is 0 Å². The average Bonchev–Trinajstić information content (AvgIpc) is 3.50. The standard InChI is InChI=1S/C26H29N5O3S/c32-25(33)19-7-9-20(10-8-19)30-13-3-6-22(30)24-23(21-5-1-2-11-27-21)28-26(35)31(24)14-4-12-29-15-17-34-18-16-29/h1-3,5-11,13,23-24H,4,12,14-18H2,(H,28,35)(H,32,33). The van der Waals surface area contributed by atoms with Gasteiger partial charge >= 0.3 is 5.97 Å². The molecule has 2 N–H and O–H groups in total. The largest absolute Gasteiger partial charge is 0.478 e. The van der Waals surface area contributed by atoms with Crippen molar-refractivity contribution in [3.8, 4) is 5.69 Å². The summed E-state index contributed by atoms with van der Waals surface area (Å²) in [5.41, 5.74) is 3.18. The fourth-order valence-electron chi connectivity index (χ4n) is 4.89. The molecule has 9 heteroatoms. The minimum Gasteiger partial charge on any atom is -0.478 e. The third kappa shape index (κ3) is 5.07. The minimum absolute atomic E-state index is 0.0590. The van der Waals surface area contributed by atoms with Crippen molar-refractivity contribution >= 4 is 23.3 Å². The Bertz CT molecular complexity index is 1160. The first kappa shape index (κ1) is 23.5. The first-order chi connectivity index (χ1) is 17.1. The lowest BCUT2D eigenvalue weighted by molar-refractivity contribution is 0.0365. The maximum Gasteiger partial charge on any atom is 0.335 e. The van der Waals surface area contributed by atoms with Crippen LogP contribution < -0.4 is 5.32 Å². The molecule has 2 fully saturated rings. The molecule has 2 aliphatic heterocycles. The van der Waals surface area contributed by atoms with Crippen molar-refractivity contribution in [3.63, 3.8) is 0 Å². The summed E-state index contributed by atoms with van der Waals surface area (Å²) < 4.78 is 7.58. The molecule has 0 saturated carbocycles. The Balaban J connectivity index is 1.44. The van der Waals surface area contributed by atoms with Crippen LogP contribution in [0, 0.1) is 0 Å². The lowest BCUT2D eigenvalue weighted by Crippen LogP contribution is -2.39. The van der Waals surface area contributed by atoms with Crippen LogP contribution in [0.1, 0.15) is 40.3 Å². The van der Waals surface area contributed by atoms with Crippen molar-refractivity contribution in [2.75, 3.05) is 39.4 Å². The molecule has 2 saturated heterocycles. The molecule has 35 heavy (non-hydrogen) atoms. The Morgan fingerprint density at radius 2 is 1.89 bits per heavy atom. The lowest BCUT2D eigenvalue weighted by Gasteiger charge is -2.31. The van der Waals surface area contributed by atoms with Crippen molar-refractivity contribution in [1.82, 2.24) is 24.7 Å². The number of benzene rings is 1. The number of pyridine rings is 1. The first-order valence-corrected chi connectivity index (χ1v) is 12.3. The van der Waals surface area contributed by atoms with Crippen molar-refractivity contribution in [2.45, 2.75) is 18.5 Å². The van der Waals surface area contributed by atoms with Crippen LogP contribution in [0.15, 0.2) is 67.0 Å². The van der Waals surface area contributed by atoms with Gasteiger partial charge in [0, 0.05) is 50.0 Å². The van der Waals surface area contributed by atoms with Crippen LogP contribution in [0.25, 0.3) is 5.69 Å². The first-order valence-electron chi connectivity index (χ1n) is 11.9. The fourth-order valence-corrected chi connectivity index (χ4v) is 5.22. The van der Waals surface area contributed by atoms with Crippen LogP contribution in [0.4, 0.5) is 0 Å². The number of nitrogens with one attached hydrogen (secondary N) is 1. The highest BCUT2D eigenvalue weighted by Gasteiger charge is 2.41. The summed E-state index contributed by atoms with van der Waals surface area (Å²) in [7, 11) is 0. The number of aromatic carboxylic acids is 1. The minimum atomic E-state index is -0.934. The Kier molecular flexibility index (Phi) is 7.08. The predicted octanol–water partition coefficient (Wildman–Crippen LogP) is 3.27. The van der Waals surface area contributed by atoms with Crippen LogP contribution in [-0.4, -0.2) is 74.9 Å². The van der Waals surface area contributed by atoms with Crippen molar-refractivity contribution in [2.24, 2.45) is 0 Å². The summed E-state index contributed by atoms with van der Waals surface area (Å²) in [6.07, 6.45) is 4.80. The fraction of sp³-hybridized carbons (Fsp3) is 0.346. The summed E-state index contributed by atoms with van der Waals surface area (Å²) in [5.74, 6) is -0.934. The number of aromatic nitrogens is 2. The number of carboxylic acid groups (broad SMARTS) is 1. The summed E-state index contributed by atoms with van der Waals surface area (Å²) >= 11 is 5.82. The Morgan fingerprint density at radius 1 is 1.09 bits per heavy atom. The van der Waals surface area contributed by atoms with Crippen LogP contribution in [0.2, 0.25) is 0 Å². The number of ether oxygens (including phenoxy) is 1. The van der Waals surface area contributed by atoms with Gasteiger partial charge in [0.15, 0.2) is 5.11 Å². The summed E-state index contributed by atoms with van der Waals surface area (Å²) in [4.78, 5) is 20.7. The molecule has 0 aliphatic carbocycles. The molecule has 0 amide bonds. The van der Waals surface area contributed by atoms with E-state index in [9.17, 15) is 9.90 Å². The number of rotatable bonds is 8. The summed E-state index contributed by atoms with van der Waals surface area (Å²) in [6.45, 7) is 5.35. The maximum absolute atomic E-state index is 11.3. The van der Waals surface area contributed by atoms with Crippen molar-refractivity contribution in [3.05, 3.63) is 83.9 Å². The average molecular weight is 492 g/mol. The van der Waals surface area contributed by atoms with Gasteiger partial charge < -0.3 is 24.6 Å². The number of carbonyl (C=O) groups is 1. The van der Waals surface area contributed by atoms with E-state index in [0.29, 0.717) is 0 Å². The number of thiocarbonyl (C=S) groups is 1. The number of carboxylic acids is 1. The van der Waals surface area contributed by atoms with E-state index in [1.807, 2.05) is 48.8 Å². The topological polar surface area (TPSA) is 82.9 Å². The highest BCUT2D eigenvalue weighted by Crippen LogP contribution is 2.39. The van der Waals surface area contributed by atoms with E-state index >= 15 is 0 Å². The van der Waals surface area contributed by atoms with Crippen molar-refractivity contribution < 1.29 is 14.6 Å². The maximum atomic E-state index is 11.3. The quantitative estimate of drug-likeness (QED) is 0.465. The Morgan fingerprint density at radius 3 is 2.60 bits per heavy atom. The summed E-state index contributed by atoms with van der Waals surface area (Å²) in [6, 6.07) is 16.9. The second-order valence-corrected chi connectivity index (χ2v) is 9.17. The van der Waals surface area contributed by atoms with Gasteiger partial charge in [0.05, 0.1) is 36.6 Å². The monoisotopic (exact) mass is 491 g/mol. The van der Waals surface area contributed by atoms with Crippen LogP contribution in [0.3, 0.4) is 0 Å². The van der Waals surface area contributed by atoms with Crippen LogP contribution in [-0.2, 0) is 4.74 Å². The van der Waals surface area contributed by atoms with Crippen molar-refractivity contribution in [1.29, 1.82) is 0 Å². The van der Waals surface area contributed by atoms with E-state index in [2.05, 4.69) is 30.7 Å². The molecule has 4 heterocycles. The van der Waals surface area contributed by atoms with Gasteiger partial charge in [-0.25, -0.2) is 4.79 Å². The molecule has 3 aromatic rings. The number of morpholine rings is 1. The molecule has 182 valence electrons. The van der Waals surface area contributed by atoms with Gasteiger partial charge in [0.2, 0.25) is 0 Å². The molecule has 1 aromatic carbocycles. The van der Waals surface area contributed by atoms with E-state index in [1.165, 1.54) is 0 Å². The van der Waals surface area contributed by atoms with Gasteiger partial charge in [0.1, 0.15) is 0 Å². The molecule has 2 aromatic heterocycles. The Hall–Kier alpha value is -3.27. The molecular weight excluding hydrogens is 462 g/mol. The zero-order valence-electron chi connectivity index (χ0n) is 19.4. The molecule has 2 unspecified atom stereocenters. The van der Waals surface area contributed by atoms with Gasteiger partial charge in [-0.15, -0.1) is 0 Å². The van der Waals surface area contributed by atoms with E-state index in [-0.39, 0.29) is 17.6 Å². The molecule has 2 aliphatic rings. The van der Waals surface area contributed by atoms with E-state index in [1.54, 1.807) is 12.1 Å². The van der Waals surface area contributed by atoms with E-state index < -0.39 is 5.97 Å².